The minimum atomic E-state index is 0.249. The van der Waals surface area contributed by atoms with Crippen LogP contribution in [0.5, 0.6) is 0 Å². The highest BCUT2D eigenvalue weighted by Gasteiger charge is 2.38. The molecule has 0 fully saturated rings. The first-order chi connectivity index (χ1) is 5.00. The first-order valence-corrected chi connectivity index (χ1v) is 4.29. The van der Waals surface area contributed by atoms with Crippen LogP contribution in [0.25, 0.3) is 0 Å². The van der Waals surface area contributed by atoms with Gasteiger partial charge in [0.2, 0.25) is 0 Å². The molecule has 64 valence electrons. The van der Waals surface area contributed by atoms with E-state index in [2.05, 4.69) is 33.8 Å². The molecule has 1 nitrogen and oxygen atoms in total. The Hall–Kier alpha value is -0.300. The molecule has 0 aromatic rings. The molecule has 1 heteroatoms. The zero-order valence-corrected chi connectivity index (χ0v) is 7.89. The van der Waals surface area contributed by atoms with Crippen LogP contribution in [0, 0.1) is 17.3 Å². The third kappa shape index (κ3) is 1.22. The second kappa shape index (κ2) is 2.63. The van der Waals surface area contributed by atoms with Crippen LogP contribution in [0.4, 0.5) is 0 Å². The summed E-state index contributed by atoms with van der Waals surface area (Å²) in [5.74, 6) is 0.970. The lowest BCUT2D eigenvalue weighted by Crippen LogP contribution is -2.27. The molecule has 0 saturated heterocycles. The largest absolute Gasteiger partial charge is 0.396 e. The molecule has 11 heavy (non-hydrogen) atoms. The number of allylic oxidation sites excluding steroid dienone is 1. The maximum atomic E-state index is 9.09. The lowest BCUT2D eigenvalue weighted by Gasteiger charge is -2.31. The number of aliphatic hydroxyl groups is 1. The average molecular weight is 154 g/mol. The molecule has 0 spiro atoms. The van der Waals surface area contributed by atoms with E-state index in [-0.39, 0.29) is 12.0 Å². The van der Waals surface area contributed by atoms with Crippen LogP contribution in [-0.2, 0) is 0 Å². The van der Waals surface area contributed by atoms with Crippen LogP contribution in [-0.4, -0.2) is 11.7 Å². The molecular formula is C10H18O. The van der Waals surface area contributed by atoms with Crippen molar-refractivity contribution in [3.8, 4) is 0 Å². The Morgan fingerprint density at radius 2 is 2.09 bits per heavy atom. The summed E-state index contributed by atoms with van der Waals surface area (Å²) < 4.78 is 0. The fourth-order valence-electron chi connectivity index (χ4n) is 1.87. The standard InChI is InChI=1S/C10H18O/c1-7-5-9(6-11)10(3,4)8(7)2/h5,8-9,11H,6H2,1-4H3/t8-,9+/m1/s1. The molecule has 2 atom stereocenters. The number of hydrogen-bond donors (Lipinski definition) is 1. The van der Waals surface area contributed by atoms with E-state index in [1.54, 1.807) is 0 Å². The van der Waals surface area contributed by atoms with Crippen LogP contribution >= 0.6 is 0 Å². The second-order valence-electron chi connectivity index (χ2n) is 4.24. The summed E-state index contributed by atoms with van der Waals surface area (Å²) in [7, 11) is 0. The van der Waals surface area contributed by atoms with Crippen molar-refractivity contribution in [1.82, 2.24) is 0 Å². The Kier molecular flexibility index (Phi) is 2.10. The molecule has 0 heterocycles. The smallest absolute Gasteiger partial charge is 0.0499 e. The fourth-order valence-corrected chi connectivity index (χ4v) is 1.87. The Labute approximate surface area is 69.1 Å². The quantitative estimate of drug-likeness (QED) is 0.574. The van der Waals surface area contributed by atoms with Gasteiger partial charge in [0.1, 0.15) is 0 Å². The van der Waals surface area contributed by atoms with Gasteiger partial charge in [-0.05, 0) is 18.3 Å². The highest BCUT2D eigenvalue weighted by Crippen LogP contribution is 2.45. The van der Waals surface area contributed by atoms with Crippen molar-refractivity contribution in [3.63, 3.8) is 0 Å². The number of rotatable bonds is 1. The summed E-state index contributed by atoms with van der Waals surface area (Å²) >= 11 is 0. The van der Waals surface area contributed by atoms with Gasteiger partial charge in [0.15, 0.2) is 0 Å². The molecule has 0 bridgehead atoms. The third-order valence-corrected chi connectivity index (χ3v) is 3.42. The first kappa shape index (κ1) is 8.79. The summed E-state index contributed by atoms with van der Waals surface area (Å²) in [4.78, 5) is 0. The van der Waals surface area contributed by atoms with E-state index in [1.807, 2.05) is 0 Å². The van der Waals surface area contributed by atoms with Crippen molar-refractivity contribution in [1.29, 1.82) is 0 Å². The molecule has 0 aliphatic heterocycles. The summed E-state index contributed by atoms with van der Waals surface area (Å²) in [6.07, 6.45) is 2.21. The summed E-state index contributed by atoms with van der Waals surface area (Å²) in [5.41, 5.74) is 1.67. The summed E-state index contributed by atoms with van der Waals surface area (Å²) in [5, 5.41) is 9.09. The first-order valence-electron chi connectivity index (χ1n) is 4.29. The maximum absolute atomic E-state index is 9.09. The van der Waals surface area contributed by atoms with Crippen molar-refractivity contribution in [2.45, 2.75) is 27.7 Å². The lowest BCUT2D eigenvalue weighted by atomic mass is 9.74. The van der Waals surface area contributed by atoms with Crippen LogP contribution in [0.1, 0.15) is 27.7 Å². The van der Waals surface area contributed by atoms with Gasteiger partial charge in [0, 0.05) is 12.5 Å². The maximum Gasteiger partial charge on any atom is 0.0499 e. The summed E-state index contributed by atoms with van der Waals surface area (Å²) in [6.45, 7) is 9.13. The predicted molar refractivity (Wildman–Crippen MR) is 47.3 cm³/mol. The molecule has 1 N–H and O–H groups in total. The molecule has 0 aromatic carbocycles. The van der Waals surface area contributed by atoms with E-state index in [0.29, 0.717) is 11.8 Å². The van der Waals surface area contributed by atoms with E-state index in [4.69, 9.17) is 5.11 Å². The van der Waals surface area contributed by atoms with Crippen molar-refractivity contribution in [3.05, 3.63) is 11.6 Å². The van der Waals surface area contributed by atoms with Gasteiger partial charge in [0.25, 0.3) is 0 Å². The van der Waals surface area contributed by atoms with Crippen molar-refractivity contribution in [2.24, 2.45) is 17.3 Å². The molecule has 0 radical (unpaired) electrons. The fraction of sp³-hybridized carbons (Fsp3) is 0.800. The van der Waals surface area contributed by atoms with Crippen LogP contribution in [0.15, 0.2) is 11.6 Å². The lowest BCUT2D eigenvalue weighted by molar-refractivity contribution is 0.134. The van der Waals surface area contributed by atoms with Gasteiger partial charge >= 0.3 is 0 Å². The van der Waals surface area contributed by atoms with Gasteiger partial charge in [-0.1, -0.05) is 32.4 Å². The van der Waals surface area contributed by atoms with Crippen molar-refractivity contribution < 1.29 is 5.11 Å². The molecule has 1 rings (SSSR count). The monoisotopic (exact) mass is 154 g/mol. The average Bonchev–Trinajstić information content (AvgIpc) is 2.13. The SMILES string of the molecule is CC1=C[C@@H](CO)C(C)(C)[C@@H]1C. The van der Waals surface area contributed by atoms with E-state index < -0.39 is 0 Å². The Bertz CT molecular complexity index is 179. The normalized spacial score (nSPS) is 35.5. The van der Waals surface area contributed by atoms with Gasteiger partial charge in [-0.3, -0.25) is 0 Å². The Morgan fingerprint density at radius 1 is 1.55 bits per heavy atom. The van der Waals surface area contributed by atoms with E-state index in [1.165, 1.54) is 5.57 Å². The van der Waals surface area contributed by atoms with E-state index in [0.717, 1.165) is 0 Å². The molecule has 0 aromatic heterocycles. The third-order valence-electron chi connectivity index (χ3n) is 3.42. The van der Waals surface area contributed by atoms with Gasteiger partial charge in [0.05, 0.1) is 0 Å². The van der Waals surface area contributed by atoms with Gasteiger partial charge < -0.3 is 5.11 Å². The molecule has 0 saturated carbocycles. The second-order valence-corrected chi connectivity index (χ2v) is 4.24. The topological polar surface area (TPSA) is 20.2 Å². The van der Waals surface area contributed by atoms with Crippen LogP contribution < -0.4 is 0 Å². The molecule has 1 aliphatic rings. The van der Waals surface area contributed by atoms with Crippen LogP contribution in [0.3, 0.4) is 0 Å². The minimum Gasteiger partial charge on any atom is -0.396 e. The van der Waals surface area contributed by atoms with E-state index in [9.17, 15) is 0 Å². The molecule has 0 amide bonds. The van der Waals surface area contributed by atoms with Gasteiger partial charge in [-0.2, -0.15) is 0 Å². The predicted octanol–water partition coefficient (Wildman–Crippen LogP) is 2.22. The highest BCUT2D eigenvalue weighted by molar-refractivity contribution is 5.18. The van der Waals surface area contributed by atoms with Crippen molar-refractivity contribution >= 4 is 0 Å². The minimum absolute atomic E-state index is 0.249. The number of aliphatic hydroxyl groups excluding tert-OH is 1. The van der Waals surface area contributed by atoms with Crippen molar-refractivity contribution in [2.75, 3.05) is 6.61 Å². The zero-order valence-electron chi connectivity index (χ0n) is 7.89. The Balaban J connectivity index is 2.85. The molecule has 0 unspecified atom stereocenters. The highest BCUT2D eigenvalue weighted by atomic mass is 16.3. The van der Waals surface area contributed by atoms with E-state index >= 15 is 0 Å². The number of hydrogen-bond acceptors (Lipinski definition) is 1. The summed E-state index contributed by atoms with van der Waals surface area (Å²) in [6, 6.07) is 0. The molecular weight excluding hydrogens is 136 g/mol. The zero-order chi connectivity index (χ0) is 8.65. The Morgan fingerprint density at radius 3 is 2.27 bits per heavy atom. The van der Waals surface area contributed by atoms with Gasteiger partial charge in [-0.15, -0.1) is 0 Å². The van der Waals surface area contributed by atoms with Crippen LogP contribution in [0.2, 0.25) is 0 Å². The molecule has 1 aliphatic carbocycles. The van der Waals surface area contributed by atoms with Gasteiger partial charge in [-0.25, -0.2) is 0 Å².